The van der Waals surface area contributed by atoms with E-state index in [1.54, 1.807) is 0 Å². The lowest BCUT2D eigenvalue weighted by atomic mass is 9.94. The van der Waals surface area contributed by atoms with Gasteiger partial charge in [-0.1, -0.05) is 48.5 Å². The van der Waals surface area contributed by atoms with Crippen molar-refractivity contribution in [3.8, 4) is 0 Å². The Morgan fingerprint density at radius 1 is 0.739 bits per heavy atom. The smallest absolute Gasteiger partial charge is 0.175 e. The first kappa shape index (κ1) is 13.5. The van der Waals surface area contributed by atoms with Gasteiger partial charge in [0.05, 0.1) is 0 Å². The quantitative estimate of drug-likeness (QED) is 0.428. The molecule has 3 aromatic carbocycles. The Morgan fingerprint density at radius 3 is 1.65 bits per heavy atom. The topological polar surface area (TPSA) is 21.7 Å². The Balaban J connectivity index is 1.99. The zero-order chi connectivity index (χ0) is 15.8. The molecule has 0 aliphatic carbocycles. The molecule has 1 saturated heterocycles. The van der Waals surface area contributed by atoms with Crippen LogP contribution in [0.15, 0.2) is 48.5 Å². The van der Waals surface area contributed by atoms with Gasteiger partial charge in [-0.25, -0.2) is 14.7 Å². The number of hydrogen-bond acceptors (Lipinski definition) is 3. The minimum atomic E-state index is -0.179. The highest BCUT2D eigenvalue weighted by molar-refractivity contribution is 6.11. The molecule has 1 fully saturated rings. The lowest BCUT2D eigenvalue weighted by molar-refractivity contribution is -0.300. The van der Waals surface area contributed by atoms with Gasteiger partial charge in [0.1, 0.15) is 0 Å². The van der Waals surface area contributed by atoms with E-state index in [-0.39, 0.29) is 18.0 Å². The summed E-state index contributed by atoms with van der Waals surface area (Å²) in [6.45, 7) is 6.63. The van der Waals surface area contributed by atoms with Gasteiger partial charge in [-0.2, -0.15) is 0 Å². The van der Waals surface area contributed by atoms with Crippen LogP contribution in [0.3, 0.4) is 0 Å². The summed E-state index contributed by atoms with van der Waals surface area (Å²) in [6.07, 6.45) is -0.358. The lowest BCUT2D eigenvalue weighted by Gasteiger charge is -2.36. The molecule has 0 aromatic heterocycles. The van der Waals surface area contributed by atoms with E-state index in [9.17, 15) is 0 Å². The van der Waals surface area contributed by atoms with Gasteiger partial charge in [-0.15, -0.1) is 0 Å². The van der Waals surface area contributed by atoms with Crippen LogP contribution in [-0.2, 0) is 9.78 Å². The second-order valence-corrected chi connectivity index (χ2v) is 7.43. The highest BCUT2D eigenvalue weighted by atomic mass is 17.2. The van der Waals surface area contributed by atoms with E-state index in [1.165, 1.54) is 32.7 Å². The zero-order valence-electron chi connectivity index (χ0n) is 13.5. The molecule has 0 unspecified atom stereocenters. The molecule has 0 amide bonds. The molecule has 3 nitrogen and oxygen atoms in total. The van der Waals surface area contributed by atoms with Crippen molar-refractivity contribution in [2.24, 2.45) is 0 Å². The van der Waals surface area contributed by atoms with Crippen LogP contribution in [0.5, 0.6) is 0 Å². The van der Waals surface area contributed by atoms with Crippen molar-refractivity contribution >= 4 is 21.5 Å². The zero-order valence-corrected chi connectivity index (χ0v) is 13.5. The first-order valence-corrected chi connectivity index (χ1v) is 8.10. The van der Waals surface area contributed by atoms with E-state index < -0.39 is 0 Å². The first-order chi connectivity index (χ1) is 11.1. The molecule has 5 rings (SSSR count). The molecule has 2 atom stereocenters. The van der Waals surface area contributed by atoms with Crippen molar-refractivity contribution in [1.29, 1.82) is 0 Å². The second kappa shape index (κ2) is 4.32. The largest absolute Gasteiger partial charge is 0.234 e. The number of rotatable bonds is 0. The van der Waals surface area contributed by atoms with Crippen molar-refractivity contribution in [3.63, 3.8) is 0 Å². The number of hydrogen-bond donors (Lipinski definition) is 0. The van der Waals surface area contributed by atoms with Crippen LogP contribution in [0, 0.1) is 0 Å². The molecule has 3 heteroatoms. The summed E-state index contributed by atoms with van der Waals surface area (Å²) >= 11 is 0. The Bertz CT molecular complexity index is 871. The number of benzene rings is 3. The van der Waals surface area contributed by atoms with Crippen LogP contribution >= 0.6 is 0 Å². The molecule has 0 saturated carbocycles. The number of fused-ring (bicyclic) bond motifs is 4. The first-order valence-electron chi connectivity index (χ1n) is 8.10. The maximum atomic E-state index is 5.80. The predicted molar refractivity (Wildman–Crippen MR) is 90.7 cm³/mol. The third kappa shape index (κ3) is 1.70. The molecule has 0 radical (unpaired) electrons. The Morgan fingerprint density at radius 2 is 1.22 bits per heavy atom. The van der Waals surface area contributed by atoms with Crippen molar-refractivity contribution < 1.29 is 9.78 Å². The molecule has 2 heterocycles. The van der Waals surface area contributed by atoms with Gasteiger partial charge in [-0.05, 0) is 42.3 Å². The van der Waals surface area contributed by atoms with Crippen molar-refractivity contribution in [2.75, 3.05) is 0 Å². The van der Waals surface area contributed by atoms with E-state index >= 15 is 0 Å². The fourth-order valence-electron chi connectivity index (χ4n) is 4.05. The van der Waals surface area contributed by atoms with Gasteiger partial charge in [0.2, 0.25) is 0 Å². The number of nitrogens with zero attached hydrogens (tertiary/aromatic N) is 1. The van der Waals surface area contributed by atoms with Gasteiger partial charge in [0.15, 0.2) is 12.5 Å². The predicted octanol–water partition coefficient (Wildman–Crippen LogP) is 5.07. The summed E-state index contributed by atoms with van der Waals surface area (Å²) in [4.78, 5) is 13.9. The van der Waals surface area contributed by atoms with Crippen LogP contribution in [0.2, 0.25) is 0 Å². The Labute approximate surface area is 135 Å². The molecule has 0 spiro atoms. The van der Waals surface area contributed by atoms with Crippen molar-refractivity contribution in [2.45, 2.75) is 38.8 Å². The van der Waals surface area contributed by atoms with Gasteiger partial charge in [0, 0.05) is 16.7 Å². The minimum Gasteiger partial charge on any atom is -0.234 e. The third-order valence-corrected chi connectivity index (χ3v) is 5.00. The van der Waals surface area contributed by atoms with E-state index in [0.29, 0.717) is 0 Å². The van der Waals surface area contributed by atoms with E-state index in [4.69, 9.17) is 9.78 Å². The maximum Gasteiger partial charge on any atom is 0.175 e. The van der Waals surface area contributed by atoms with E-state index in [1.807, 2.05) is 0 Å². The average Bonchev–Trinajstić information content (AvgIpc) is 2.92. The second-order valence-electron chi connectivity index (χ2n) is 7.43. The summed E-state index contributed by atoms with van der Waals surface area (Å²) < 4.78 is 0. The Kier molecular flexibility index (Phi) is 2.54. The molecule has 116 valence electrons. The third-order valence-electron chi connectivity index (χ3n) is 5.00. The monoisotopic (exact) mass is 305 g/mol. The molecule has 2 aliphatic rings. The van der Waals surface area contributed by atoms with Gasteiger partial charge < -0.3 is 0 Å². The molecular formula is C20H19NO2. The van der Waals surface area contributed by atoms with Crippen molar-refractivity contribution in [3.05, 3.63) is 59.7 Å². The van der Waals surface area contributed by atoms with Crippen LogP contribution in [0.1, 0.15) is 44.4 Å². The average molecular weight is 305 g/mol. The van der Waals surface area contributed by atoms with Crippen LogP contribution in [-0.4, -0.2) is 10.4 Å². The molecule has 23 heavy (non-hydrogen) atoms. The van der Waals surface area contributed by atoms with Gasteiger partial charge in [-0.3, -0.25) is 0 Å². The molecule has 0 N–H and O–H groups in total. The molecule has 3 aromatic rings. The molecule has 2 bridgehead atoms. The van der Waals surface area contributed by atoms with E-state index in [2.05, 4.69) is 74.2 Å². The maximum absolute atomic E-state index is 5.80. The fraction of sp³-hybridized carbons (Fsp3) is 0.300. The highest BCUT2D eigenvalue weighted by Crippen LogP contribution is 2.51. The van der Waals surface area contributed by atoms with E-state index in [0.717, 1.165) is 0 Å². The van der Waals surface area contributed by atoms with Crippen LogP contribution < -0.4 is 0 Å². The Hall–Kier alpha value is -1.94. The van der Waals surface area contributed by atoms with Gasteiger partial charge >= 0.3 is 0 Å². The standard InChI is InChI=1S/C20H19NO2/c1-20(2,3)21-18-14-8-4-6-12-10-11-13-7-5-9-15(17(13)16(12)14)19(21)23-22-18/h4-11,18-19H,1-3H3/t18-,19+. The summed E-state index contributed by atoms with van der Waals surface area (Å²) in [7, 11) is 0. The highest BCUT2D eigenvalue weighted by Gasteiger charge is 2.47. The van der Waals surface area contributed by atoms with Gasteiger partial charge in [0.25, 0.3) is 0 Å². The van der Waals surface area contributed by atoms with Crippen LogP contribution in [0.4, 0.5) is 0 Å². The van der Waals surface area contributed by atoms with Crippen LogP contribution in [0.25, 0.3) is 21.5 Å². The summed E-state index contributed by atoms with van der Waals surface area (Å²) in [5.41, 5.74) is 2.31. The minimum absolute atomic E-state index is 0.0712. The molecule has 2 aliphatic heterocycles. The lowest BCUT2D eigenvalue weighted by Crippen LogP contribution is -2.42. The summed E-state index contributed by atoms with van der Waals surface area (Å²) in [5.74, 6) is 0. The fourth-order valence-corrected chi connectivity index (χ4v) is 4.05. The summed E-state index contributed by atoms with van der Waals surface area (Å²) in [5, 5.41) is 5.11. The summed E-state index contributed by atoms with van der Waals surface area (Å²) in [6, 6.07) is 17.3. The van der Waals surface area contributed by atoms with Crippen molar-refractivity contribution in [1.82, 2.24) is 4.90 Å². The normalized spacial score (nSPS) is 23.8. The SMILES string of the molecule is CC(C)(C)N1[C@@H]2OO[C@H]1c1cccc3ccc4cccc2c4c13. The molecular weight excluding hydrogens is 286 g/mol.